The number of rotatable bonds is 4. The molecule has 1 heterocycles. The molecule has 0 atom stereocenters. The SMILES string of the molecule is CC(C)(C)OC(=O)NCCn1cc(-c2ccc(F)c(O)c2)cn1. The normalized spacial score (nSPS) is 11.3. The largest absolute Gasteiger partial charge is 0.505 e. The van der Waals surface area contributed by atoms with E-state index in [1.165, 1.54) is 12.1 Å². The zero-order chi connectivity index (χ0) is 17.0. The molecule has 23 heavy (non-hydrogen) atoms. The van der Waals surface area contributed by atoms with Gasteiger partial charge < -0.3 is 15.2 Å². The Labute approximate surface area is 133 Å². The van der Waals surface area contributed by atoms with Crippen LogP contribution < -0.4 is 5.32 Å². The summed E-state index contributed by atoms with van der Waals surface area (Å²) in [5.74, 6) is -1.07. The molecular formula is C16H20FN3O3. The van der Waals surface area contributed by atoms with Gasteiger partial charge in [0.05, 0.1) is 12.7 Å². The molecule has 1 aromatic carbocycles. The first-order valence-electron chi connectivity index (χ1n) is 7.23. The molecule has 2 rings (SSSR count). The monoisotopic (exact) mass is 321 g/mol. The van der Waals surface area contributed by atoms with E-state index in [1.807, 2.05) is 0 Å². The highest BCUT2D eigenvalue weighted by Gasteiger charge is 2.15. The Hall–Kier alpha value is -2.57. The number of hydrogen-bond acceptors (Lipinski definition) is 4. The van der Waals surface area contributed by atoms with Crippen molar-refractivity contribution in [1.82, 2.24) is 15.1 Å². The van der Waals surface area contributed by atoms with Crippen LogP contribution in [0.4, 0.5) is 9.18 Å². The Morgan fingerprint density at radius 1 is 1.39 bits per heavy atom. The summed E-state index contributed by atoms with van der Waals surface area (Å²) in [6.07, 6.45) is 2.89. The number of amides is 1. The lowest BCUT2D eigenvalue weighted by Gasteiger charge is -2.19. The van der Waals surface area contributed by atoms with Crippen molar-refractivity contribution in [2.45, 2.75) is 32.9 Å². The van der Waals surface area contributed by atoms with Gasteiger partial charge in [0.15, 0.2) is 11.6 Å². The zero-order valence-electron chi connectivity index (χ0n) is 13.3. The van der Waals surface area contributed by atoms with E-state index in [9.17, 15) is 14.3 Å². The summed E-state index contributed by atoms with van der Waals surface area (Å²) in [5, 5.41) is 16.2. The fourth-order valence-corrected chi connectivity index (χ4v) is 1.91. The molecule has 7 heteroatoms. The predicted molar refractivity (Wildman–Crippen MR) is 83.5 cm³/mol. The molecule has 1 amide bonds. The van der Waals surface area contributed by atoms with Gasteiger partial charge in [-0.05, 0) is 38.5 Å². The standard InChI is InChI=1S/C16H20FN3O3/c1-16(2,3)23-15(22)18-6-7-20-10-12(9-19-20)11-4-5-13(17)14(21)8-11/h4-5,8-10,21H,6-7H2,1-3H3,(H,18,22). The van der Waals surface area contributed by atoms with Crippen LogP contribution in [0, 0.1) is 5.82 Å². The minimum atomic E-state index is -0.664. The van der Waals surface area contributed by atoms with Gasteiger partial charge in [0.25, 0.3) is 0 Å². The lowest BCUT2D eigenvalue weighted by atomic mass is 10.1. The van der Waals surface area contributed by atoms with Gasteiger partial charge in [-0.1, -0.05) is 6.07 Å². The van der Waals surface area contributed by atoms with Crippen LogP contribution in [0.1, 0.15) is 20.8 Å². The van der Waals surface area contributed by atoms with Crippen molar-refractivity contribution in [2.24, 2.45) is 0 Å². The number of hydrogen-bond donors (Lipinski definition) is 2. The molecule has 0 fully saturated rings. The number of ether oxygens (including phenoxy) is 1. The average Bonchev–Trinajstić information content (AvgIpc) is 2.88. The van der Waals surface area contributed by atoms with Gasteiger partial charge in [0, 0.05) is 18.3 Å². The van der Waals surface area contributed by atoms with Crippen molar-refractivity contribution >= 4 is 6.09 Å². The Bertz CT molecular complexity index is 692. The van der Waals surface area contributed by atoms with Gasteiger partial charge in [0.2, 0.25) is 0 Å². The third kappa shape index (κ3) is 4.98. The number of benzene rings is 1. The highest BCUT2D eigenvalue weighted by molar-refractivity contribution is 5.67. The molecule has 0 spiro atoms. The van der Waals surface area contributed by atoms with Crippen molar-refractivity contribution in [2.75, 3.05) is 6.54 Å². The minimum absolute atomic E-state index is 0.366. The van der Waals surface area contributed by atoms with Crippen LogP contribution in [-0.2, 0) is 11.3 Å². The van der Waals surface area contributed by atoms with Crippen LogP contribution in [0.15, 0.2) is 30.6 Å². The fraction of sp³-hybridized carbons (Fsp3) is 0.375. The van der Waals surface area contributed by atoms with E-state index >= 15 is 0 Å². The number of phenols is 1. The molecule has 0 aliphatic carbocycles. The Balaban J connectivity index is 1.90. The maximum atomic E-state index is 13.1. The second kappa shape index (κ2) is 6.68. The summed E-state index contributed by atoms with van der Waals surface area (Å²) in [5.41, 5.74) is 0.876. The van der Waals surface area contributed by atoms with Crippen LogP contribution in [-0.4, -0.2) is 33.1 Å². The molecule has 124 valence electrons. The van der Waals surface area contributed by atoms with Crippen molar-refractivity contribution in [1.29, 1.82) is 0 Å². The van der Waals surface area contributed by atoms with Crippen LogP contribution in [0.2, 0.25) is 0 Å². The van der Waals surface area contributed by atoms with Crippen molar-refractivity contribution in [3.05, 3.63) is 36.4 Å². The van der Waals surface area contributed by atoms with Gasteiger partial charge in [-0.15, -0.1) is 0 Å². The third-order valence-electron chi connectivity index (χ3n) is 2.92. The second-order valence-corrected chi connectivity index (χ2v) is 6.09. The van der Waals surface area contributed by atoms with E-state index < -0.39 is 23.3 Å². The van der Waals surface area contributed by atoms with E-state index in [2.05, 4.69) is 10.4 Å². The van der Waals surface area contributed by atoms with Gasteiger partial charge in [0.1, 0.15) is 5.60 Å². The Kier molecular flexibility index (Phi) is 4.88. The average molecular weight is 321 g/mol. The molecule has 0 aliphatic heterocycles. The summed E-state index contributed by atoms with van der Waals surface area (Å²) in [6, 6.07) is 4.11. The molecule has 1 aromatic heterocycles. The number of carbonyl (C=O) groups excluding carboxylic acids is 1. The van der Waals surface area contributed by atoms with Crippen LogP contribution in [0.25, 0.3) is 11.1 Å². The Morgan fingerprint density at radius 3 is 2.78 bits per heavy atom. The molecule has 0 saturated heterocycles. The molecule has 2 N–H and O–H groups in total. The lowest BCUT2D eigenvalue weighted by Crippen LogP contribution is -2.34. The lowest BCUT2D eigenvalue weighted by molar-refractivity contribution is 0.0525. The van der Waals surface area contributed by atoms with Gasteiger partial charge >= 0.3 is 6.09 Å². The first kappa shape index (κ1) is 16.8. The van der Waals surface area contributed by atoms with E-state index in [0.29, 0.717) is 18.7 Å². The summed E-state index contributed by atoms with van der Waals surface area (Å²) in [4.78, 5) is 11.5. The molecule has 0 radical (unpaired) electrons. The summed E-state index contributed by atoms with van der Waals surface area (Å²) >= 11 is 0. The van der Waals surface area contributed by atoms with Crippen LogP contribution >= 0.6 is 0 Å². The molecule has 0 aliphatic rings. The minimum Gasteiger partial charge on any atom is -0.505 e. The van der Waals surface area contributed by atoms with Crippen LogP contribution in [0.5, 0.6) is 5.75 Å². The number of alkyl carbamates (subject to hydrolysis) is 1. The topological polar surface area (TPSA) is 76.4 Å². The smallest absolute Gasteiger partial charge is 0.407 e. The molecule has 0 saturated carbocycles. The van der Waals surface area contributed by atoms with E-state index in [-0.39, 0.29) is 0 Å². The Morgan fingerprint density at radius 2 is 2.13 bits per heavy atom. The van der Waals surface area contributed by atoms with E-state index in [0.717, 1.165) is 5.56 Å². The fourth-order valence-electron chi connectivity index (χ4n) is 1.91. The number of aromatic hydroxyl groups is 1. The number of carbonyl (C=O) groups is 1. The molecule has 6 nitrogen and oxygen atoms in total. The van der Waals surface area contributed by atoms with Gasteiger partial charge in [-0.3, -0.25) is 4.68 Å². The highest BCUT2D eigenvalue weighted by Crippen LogP contribution is 2.25. The third-order valence-corrected chi connectivity index (χ3v) is 2.92. The maximum Gasteiger partial charge on any atom is 0.407 e. The maximum absolute atomic E-state index is 13.1. The van der Waals surface area contributed by atoms with Gasteiger partial charge in [-0.2, -0.15) is 5.10 Å². The second-order valence-electron chi connectivity index (χ2n) is 6.09. The summed E-state index contributed by atoms with van der Waals surface area (Å²) in [7, 11) is 0. The molecular weight excluding hydrogens is 301 g/mol. The number of nitrogens with one attached hydrogen (secondary N) is 1. The van der Waals surface area contributed by atoms with E-state index in [4.69, 9.17) is 4.74 Å². The van der Waals surface area contributed by atoms with Crippen molar-refractivity contribution in [3.8, 4) is 16.9 Å². The molecule has 0 unspecified atom stereocenters. The molecule has 2 aromatic rings. The number of aromatic nitrogens is 2. The first-order chi connectivity index (χ1) is 10.7. The number of halogens is 1. The summed E-state index contributed by atoms with van der Waals surface area (Å²) < 4.78 is 19.8. The van der Waals surface area contributed by atoms with Crippen molar-refractivity contribution in [3.63, 3.8) is 0 Å². The van der Waals surface area contributed by atoms with E-state index in [1.54, 1.807) is 43.9 Å². The number of nitrogens with zero attached hydrogens (tertiary/aromatic N) is 2. The van der Waals surface area contributed by atoms with Crippen molar-refractivity contribution < 1.29 is 19.0 Å². The highest BCUT2D eigenvalue weighted by atomic mass is 19.1. The first-order valence-corrected chi connectivity index (χ1v) is 7.23. The quantitative estimate of drug-likeness (QED) is 0.908. The summed E-state index contributed by atoms with van der Waals surface area (Å²) in [6.45, 7) is 6.22. The van der Waals surface area contributed by atoms with Gasteiger partial charge in [-0.25, -0.2) is 9.18 Å². The zero-order valence-corrected chi connectivity index (χ0v) is 13.3. The predicted octanol–water partition coefficient (Wildman–Crippen LogP) is 2.92. The number of phenolic OH excluding ortho intramolecular Hbond substituents is 1. The van der Waals surface area contributed by atoms with Crippen LogP contribution in [0.3, 0.4) is 0 Å². The molecule has 0 bridgehead atoms.